The molecule has 0 aliphatic carbocycles. The van der Waals surface area contributed by atoms with E-state index in [4.69, 9.17) is 23.2 Å². The van der Waals surface area contributed by atoms with E-state index in [0.717, 1.165) is 13.2 Å². The molecule has 0 atom stereocenters. The van der Waals surface area contributed by atoms with Crippen molar-refractivity contribution < 1.29 is 14.5 Å². The Balaban J connectivity index is 2.90. The smallest absolute Gasteiger partial charge is 0.340 e. The number of non-ortho nitro benzene ring substituents is 1. The van der Waals surface area contributed by atoms with E-state index in [1.807, 2.05) is 0 Å². The molecule has 1 aromatic heterocycles. The third kappa shape index (κ3) is 2.42. The maximum absolute atomic E-state index is 11.6. The number of hydrogen-bond donors (Lipinski definition) is 0. The number of nitro benzene ring substituents is 1. The average Bonchev–Trinajstić information content (AvgIpc) is 2.36. The maximum atomic E-state index is 11.6. The van der Waals surface area contributed by atoms with Crippen molar-refractivity contribution in [3.8, 4) is 0 Å². The van der Waals surface area contributed by atoms with Crippen LogP contribution < -0.4 is 0 Å². The van der Waals surface area contributed by atoms with Crippen LogP contribution in [0, 0.1) is 10.1 Å². The Bertz CT molecular complexity index is 705. The molecule has 0 amide bonds. The number of nitro groups is 1. The van der Waals surface area contributed by atoms with Gasteiger partial charge in [-0.3, -0.25) is 10.1 Å². The lowest BCUT2D eigenvalue weighted by molar-refractivity contribution is -0.384. The molecule has 0 bridgehead atoms. The summed E-state index contributed by atoms with van der Waals surface area (Å²) in [4.78, 5) is 29.3. The molecule has 0 N–H and O–H groups in total. The summed E-state index contributed by atoms with van der Waals surface area (Å²) >= 11 is 11.5. The van der Waals surface area contributed by atoms with Gasteiger partial charge >= 0.3 is 5.97 Å². The molecule has 2 rings (SSSR count). The number of nitrogens with zero attached hydrogens (tertiary/aromatic N) is 3. The molecule has 0 fully saturated rings. The van der Waals surface area contributed by atoms with Gasteiger partial charge < -0.3 is 4.74 Å². The Kier molecular flexibility index (Phi) is 3.50. The molecule has 2 aromatic rings. The van der Waals surface area contributed by atoms with E-state index in [9.17, 15) is 14.9 Å². The van der Waals surface area contributed by atoms with Gasteiger partial charge in [0.1, 0.15) is 5.15 Å². The van der Waals surface area contributed by atoms with Crippen molar-refractivity contribution in [2.24, 2.45) is 0 Å². The van der Waals surface area contributed by atoms with Crippen LogP contribution in [0.2, 0.25) is 10.4 Å². The summed E-state index contributed by atoms with van der Waals surface area (Å²) in [5, 5.41) is 10.7. The van der Waals surface area contributed by atoms with Crippen LogP contribution in [-0.4, -0.2) is 28.0 Å². The number of benzene rings is 1. The minimum Gasteiger partial charge on any atom is -0.465 e. The number of halogens is 2. The summed E-state index contributed by atoms with van der Waals surface area (Å²) in [5.74, 6) is -0.778. The lowest BCUT2D eigenvalue weighted by Crippen LogP contribution is -2.05. The van der Waals surface area contributed by atoms with Crippen molar-refractivity contribution in [2.45, 2.75) is 0 Å². The van der Waals surface area contributed by atoms with Crippen molar-refractivity contribution in [3.05, 3.63) is 38.2 Å². The van der Waals surface area contributed by atoms with E-state index in [2.05, 4.69) is 14.7 Å². The SMILES string of the molecule is COC(=O)c1cc([N+](=O)[O-])cc2c(Cl)nc(Cl)nc12. The minimum atomic E-state index is -0.778. The van der Waals surface area contributed by atoms with Crippen LogP contribution in [0.15, 0.2) is 12.1 Å². The molecule has 0 spiro atoms. The van der Waals surface area contributed by atoms with E-state index < -0.39 is 10.9 Å². The van der Waals surface area contributed by atoms with Gasteiger partial charge in [0.15, 0.2) is 0 Å². The van der Waals surface area contributed by atoms with Gasteiger partial charge in [-0.25, -0.2) is 14.8 Å². The van der Waals surface area contributed by atoms with Crippen molar-refractivity contribution >= 4 is 45.8 Å². The van der Waals surface area contributed by atoms with Crippen LogP contribution in [-0.2, 0) is 4.74 Å². The summed E-state index contributed by atoms with van der Waals surface area (Å²) in [7, 11) is 1.15. The van der Waals surface area contributed by atoms with Gasteiger partial charge in [0, 0.05) is 17.5 Å². The first-order valence-corrected chi connectivity index (χ1v) is 5.59. The summed E-state index contributed by atoms with van der Waals surface area (Å²) in [5.41, 5.74) is -0.318. The third-order valence-electron chi connectivity index (χ3n) is 2.33. The number of methoxy groups -OCH3 is 1. The normalized spacial score (nSPS) is 10.5. The molecule has 0 saturated carbocycles. The molecule has 1 aromatic carbocycles. The maximum Gasteiger partial charge on any atom is 0.340 e. The molecule has 0 unspecified atom stereocenters. The Labute approximate surface area is 116 Å². The number of carbonyl (C=O) groups is 1. The zero-order chi connectivity index (χ0) is 14.2. The number of rotatable bonds is 2. The predicted molar refractivity (Wildman–Crippen MR) is 67.6 cm³/mol. The van der Waals surface area contributed by atoms with Crippen molar-refractivity contribution in [3.63, 3.8) is 0 Å². The highest BCUT2D eigenvalue weighted by molar-refractivity contribution is 6.36. The number of hydrogen-bond acceptors (Lipinski definition) is 6. The standard InChI is InChI=1S/C10H5Cl2N3O4/c1-19-9(16)6-3-4(15(17)18)2-5-7(6)13-10(12)14-8(5)11/h2-3H,1H3. The molecule has 0 aliphatic heterocycles. The minimum absolute atomic E-state index is 0.0798. The van der Waals surface area contributed by atoms with Gasteiger partial charge in [0.05, 0.1) is 23.1 Å². The van der Waals surface area contributed by atoms with Gasteiger partial charge in [-0.15, -0.1) is 0 Å². The second kappa shape index (κ2) is 4.94. The van der Waals surface area contributed by atoms with Gasteiger partial charge in [0.2, 0.25) is 5.28 Å². The largest absolute Gasteiger partial charge is 0.465 e. The van der Waals surface area contributed by atoms with Gasteiger partial charge in [-0.05, 0) is 11.6 Å². The highest BCUT2D eigenvalue weighted by Crippen LogP contribution is 2.29. The second-order valence-electron chi connectivity index (χ2n) is 3.42. The summed E-state index contributed by atoms with van der Waals surface area (Å²) < 4.78 is 4.55. The number of carbonyl (C=O) groups excluding carboxylic acids is 1. The fraction of sp³-hybridized carbons (Fsp3) is 0.100. The second-order valence-corrected chi connectivity index (χ2v) is 4.12. The van der Waals surface area contributed by atoms with E-state index in [-0.39, 0.29) is 32.6 Å². The van der Waals surface area contributed by atoms with Crippen LogP contribution in [0.25, 0.3) is 10.9 Å². The van der Waals surface area contributed by atoms with Gasteiger partial charge in [-0.2, -0.15) is 0 Å². The third-order valence-corrected chi connectivity index (χ3v) is 2.78. The molecule has 0 radical (unpaired) electrons. The Morgan fingerprint density at radius 2 is 2.05 bits per heavy atom. The molecular weight excluding hydrogens is 297 g/mol. The fourth-order valence-corrected chi connectivity index (χ4v) is 1.96. The van der Waals surface area contributed by atoms with Crippen molar-refractivity contribution in [1.29, 1.82) is 0 Å². The van der Waals surface area contributed by atoms with E-state index >= 15 is 0 Å². The van der Waals surface area contributed by atoms with Gasteiger partial charge in [0.25, 0.3) is 5.69 Å². The first-order valence-electron chi connectivity index (χ1n) is 4.83. The van der Waals surface area contributed by atoms with Gasteiger partial charge in [-0.1, -0.05) is 11.6 Å². The Morgan fingerprint density at radius 1 is 1.37 bits per heavy atom. The lowest BCUT2D eigenvalue weighted by atomic mass is 10.1. The average molecular weight is 302 g/mol. The summed E-state index contributed by atoms with van der Waals surface area (Å²) in [6.07, 6.45) is 0. The fourth-order valence-electron chi connectivity index (χ4n) is 1.53. The Morgan fingerprint density at radius 3 is 2.63 bits per heavy atom. The summed E-state index contributed by atoms with van der Waals surface area (Å²) in [6, 6.07) is 2.22. The molecule has 98 valence electrons. The number of esters is 1. The monoisotopic (exact) mass is 301 g/mol. The number of ether oxygens (including phenoxy) is 1. The highest BCUT2D eigenvalue weighted by Gasteiger charge is 2.20. The molecule has 0 saturated heterocycles. The zero-order valence-electron chi connectivity index (χ0n) is 9.39. The van der Waals surface area contributed by atoms with E-state index in [0.29, 0.717) is 0 Å². The van der Waals surface area contributed by atoms with Crippen molar-refractivity contribution in [2.75, 3.05) is 7.11 Å². The topological polar surface area (TPSA) is 95.2 Å². The quantitative estimate of drug-likeness (QED) is 0.278. The Hall–Kier alpha value is -1.99. The van der Waals surface area contributed by atoms with Crippen LogP contribution in [0.4, 0.5) is 5.69 Å². The zero-order valence-corrected chi connectivity index (χ0v) is 10.9. The van der Waals surface area contributed by atoms with Crippen molar-refractivity contribution in [1.82, 2.24) is 9.97 Å². The van der Waals surface area contributed by atoms with Crippen LogP contribution >= 0.6 is 23.2 Å². The number of aromatic nitrogens is 2. The van der Waals surface area contributed by atoms with Crippen LogP contribution in [0.3, 0.4) is 0 Å². The number of fused-ring (bicyclic) bond motifs is 1. The molecule has 19 heavy (non-hydrogen) atoms. The highest BCUT2D eigenvalue weighted by atomic mass is 35.5. The molecular formula is C10H5Cl2N3O4. The first kappa shape index (κ1) is 13.4. The van der Waals surface area contributed by atoms with Crippen LogP contribution in [0.1, 0.15) is 10.4 Å². The summed E-state index contributed by atoms with van der Waals surface area (Å²) in [6.45, 7) is 0. The molecule has 1 heterocycles. The van der Waals surface area contributed by atoms with Crippen LogP contribution in [0.5, 0.6) is 0 Å². The molecule has 0 aliphatic rings. The predicted octanol–water partition coefficient (Wildman–Crippen LogP) is 2.63. The van der Waals surface area contributed by atoms with E-state index in [1.54, 1.807) is 0 Å². The van der Waals surface area contributed by atoms with E-state index in [1.165, 1.54) is 6.07 Å². The molecule has 9 heteroatoms. The lowest BCUT2D eigenvalue weighted by Gasteiger charge is -2.05. The first-order chi connectivity index (χ1) is 8.93. The molecule has 7 nitrogen and oxygen atoms in total.